The molecular formula is C14H22N2. The first kappa shape index (κ1) is 11.6. The first-order valence-corrected chi connectivity index (χ1v) is 6.30. The van der Waals surface area contributed by atoms with Crippen molar-refractivity contribution < 1.29 is 0 Å². The van der Waals surface area contributed by atoms with Crippen LogP contribution in [0.2, 0.25) is 0 Å². The van der Waals surface area contributed by atoms with Gasteiger partial charge in [-0.3, -0.25) is 0 Å². The van der Waals surface area contributed by atoms with E-state index in [1.807, 2.05) is 0 Å². The van der Waals surface area contributed by atoms with Crippen LogP contribution in [0.4, 0.5) is 0 Å². The van der Waals surface area contributed by atoms with Crippen molar-refractivity contribution in [3.05, 3.63) is 35.9 Å². The van der Waals surface area contributed by atoms with E-state index in [-0.39, 0.29) is 0 Å². The van der Waals surface area contributed by atoms with Crippen LogP contribution in [0.5, 0.6) is 0 Å². The van der Waals surface area contributed by atoms with Gasteiger partial charge >= 0.3 is 0 Å². The lowest BCUT2D eigenvalue weighted by Crippen LogP contribution is -2.41. The number of rotatable bonds is 4. The Kier molecular flexibility index (Phi) is 4.37. The Labute approximate surface area is 98.7 Å². The number of hydrogen-bond donors (Lipinski definition) is 1. The van der Waals surface area contributed by atoms with Crippen molar-refractivity contribution in [2.75, 3.05) is 26.7 Å². The Morgan fingerprint density at radius 1 is 1.19 bits per heavy atom. The first-order chi connectivity index (χ1) is 7.84. The van der Waals surface area contributed by atoms with Crippen LogP contribution in [0.1, 0.15) is 18.4 Å². The van der Waals surface area contributed by atoms with Crippen LogP contribution < -0.4 is 5.32 Å². The summed E-state index contributed by atoms with van der Waals surface area (Å²) in [5.74, 6) is 0. The third-order valence-corrected chi connectivity index (χ3v) is 3.41. The average molecular weight is 218 g/mol. The lowest BCUT2D eigenvalue weighted by Gasteiger charge is -2.29. The SMILES string of the molecule is CN1CCC(NCCc2ccccc2)CC1. The van der Waals surface area contributed by atoms with Gasteiger partial charge in [-0.25, -0.2) is 0 Å². The maximum absolute atomic E-state index is 3.66. The lowest BCUT2D eigenvalue weighted by atomic mass is 10.1. The van der Waals surface area contributed by atoms with Crippen molar-refractivity contribution >= 4 is 0 Å². The molecule has 0 amide bonds. The molecule has 1 fully saturated rings. The van der Waals surface area contributed by atoms with Gasteiger partial charge in [-0.15, -0.1) is 0 Å². The highest BCUT2D eigenvalue weighted by molar-refractivity contribution is 5.14. The molecule has 1 aromatic carbocycles. The molecule has 1 heterocycles. The van der Waals surface area contributed by atoms with Gasteiger partial charge in [0.05, 0.1) is 0 Å². The molecule has 2 rings (SSSR count). The van der Waals surface area contributed by atoms with E-state index in [0.29, 0.717) is 0 Å². The molecule has 1 saturated heterocycles. The second kappa shape index (κ2) is 6.02. The third kappa shape index (κ3) is 3.62. The number of hydrogen-bond acceptors (Lipinski definition) is 2. The number of piperidine rings is 1. The first-order valence-electron chi connectivity index (χ1n) is 6.30. The summed E-state index contributed by atoms with van der Waals surface area (Å²) in [5, 5.41) is 3.66. The Hall–Kier alpha value is -0.860. The normalized spacial score (nSPS) is 18.8. The molecule has 2 heteroatoms. The highest BCUT2D eigenvalue weighted by atomic mass is 15.1. The zero-order valence-electron chi connectivity index (χ0n) is 10.2. The van der Waals surface area contributed by atoms with Crippen molar-refractivity contribution in [1.82, 2.24) is 10.2 Å². The minimum Gasteiger partial charge on any atom is -0.314 e. The summed E-state index contributed by atoms with van der Waals surface area (Å²) in [6, 6.07) is 11.5. The average Bonchev–Trinajstić information content (AvgIpc) is 2.33. The van der Waals surface area contributed by atoms with Gasteiger partial charge < -0.3 is 10.2 Å². The molecule has 16 heavy (non-hydrogen) atoms. The molecule has 0 bridgehead atoms. The van der Waals surface area contributed by atoms with Crippen LogP contribution in [0, 0.1) is 0 Å². The minimum absolute atomic E-state index is 0.736. The zero-order valence-corrected chi connectivity index (χ0v) is 10.2. The van der Waals surface area contributed by atoms with Gasteiger partial charge in [-0.1, -0.05) is 30.3 Å². The monoisotopic (exact) mass is 218 g/mol. The summed E-state index contributed by atoms with van der Waals surface area (Å²) in [4.78, 5) is 2.41. The molecule has 0 spiro atoms. The van der Waals surface area contributed by atoms with E-state index in [1.165, 1.54) is 31.5 Å². The van der Waals surface area contributed by atoms with E-state index in [9.17, 15) is 0 Å². The molecule has 2 nitrogen and oxygen atoms in total. The minimum atomic E-state index is 0.736. The topological polar surface area (TPSA) is 15.3 Å². The summed E-state index contributed by atoms with van der Waals surface area (Å²) in [7, 11) is 2.21. The molecule has 1 aliphatic heterocycles. The highest BCUT2D eigenvalue weighted by Crippen LogP contribution is 2.08. The van der Waals surface area contributed by atoms with E-state index in [1.54, 1.807) is 0 Å². The van der Waals surface area contributed by atoms with Crippen LogP contribution >= 0.6 is 0 Å². The molecule has 0 aromatic heterocycles. The lowest BCUT2D eigenvalue weighted by molar-refractivity contribution is 0.235. The molecule has 1 aliphatic rings. The molecule has 0 atom stereocenters. The smallest absolute Gasteiger partial charge is 0.00915 e. The second-order valence-corrected chi connectivity index (χ2v) is 4.77. The summed E-state index contributed by atoms with van der Waals surface area (Å²) < 4.78 is 0. The van der Waals surface area contributed by atoms with Crippen LogP contribution in [0.3, 0.4) is 0 Å². The van der Waals surface area contributed by atoms with E-state index in [4.69, 9.17) is 0 Å². The standard InChI is InChI=1S/C14H22N2/c1-16-11-8-14(9-12-16)15-10-7-13-5-3-2-4-6-13/h2-6,14-15H,7-12H2,1H3. The van der Waals surface area contributed by atoms with Crippen molar-refractivity contribution in [1.29, 1.82) is 0 Å². The number of likely N-dealkylation sites (tertiary alicyclic amines) is 1. The fourth-order valence-corrected chi connectivity index (χ4v) is 2.28. The maximum Gasteiger partial charge on any atom is 0.00915 e. The predicted molar refractivity (Wildman–Crippen MR) is 68.7 cm³/mol. The van der Waals surface area contributed by atoms with Crippen LogP contribution in [0.15, 0.2) is 30.3 Å². The number of nitrogens with zero attached hydrogens (tertiary/aromatic N) is 1. The number of benzene rings is 1. The van der Waals surface area contributed by atoms with Crippen molar-refractivity contribution in [3.63, 3.8) is 0 Å². The fourth-order valence-electron chi connectivity index (χ4n) is 2.28. The highest BCUT2D eigenvalue weighted by Gasteiger charge is 2.15. The molecule has 1 aromatic rings. The summed E-state index contributed by atoms with van der Waals surface area (Å²) >= 11 is 0. The van der Waals surface area contributed by atoms with E-state index >= 15 is 0 Å². The fraction of sp³-hybridized carbons (Fsp3) is 0.571. The quantitative estimate of drug-likeness (QED) is 0.830. The maximum atomic E-state index is 3.66. The van der Waals surface area contributed by atoms with Crippen molar-refractivity contribution in [2.45, 2.75) is 25.3 Å². The summed E-state index contributed by atoms with van der Waals surface area (Å²) in [6.45, 7) is 3.59. The van der Waals surface area contributed by atoms with Gasteiger partial charge in [0.25, 0.3) is 0 Å². The Bertz CT molecular complexity index is 289. The Morgan fingerprint density at radius 3 is 2.56 bits per heavy atom. The van der Waals surface area contributed by atoms with Crippen LogP contribution in [-0.4, -0.2) is 37.6 Å². The van der Waals surface area contributed by atoms with Crippen LogP contribution in [0.25, 0.3) is 0 Å². The molecule has 0 saturated carbocycles. The van der Waals surface area contributed by atoms with Crippen molar-refractivity contribution in [3.8, 4) is 0 Å². The molecular weight excluding hydrogens is 196 g/mol. The molecule has 0 unspecified atom stereocenters. The second-order valence-electron chi connectivity index (χ2n) is 4.77. The van der Waals surface area contributed by atoms with Gasteiger partial charge in [-0.2, -0.15) is 0 Å². The number of nitrogens with one attached hydrogen (secondary N) is 1. The molecule has 1 N–H and O–H groups in total. The van der Waals surface area contributed by atoms with Crippen LogP contribution in [-0.2, 0) is 6.42 Å². The largest absolute Gasteiger partial charge is 0.314 e. The third-order valence-electron chi connectivity index (χ3n) is 3.41. The van der Waals surface area contributed by atoms with Crippen molar-refractivity contribution in [2.24, 2.45) is 0 Å². The van der Waals surface area contributed by atoms with Gasteiger partial charge in [-0.05, 0) is 51.5 Å². The van der Waals surface area contributed by atoms with E-state index in [0.717, 1.165) is 19.0 Å². The van der Waals surface area contributed by atoms with E-state index in [2.05, 4.69) is 47.6 Å². The Balaban J connectivity index is 1.65. The molecule has 0 radical (unpaired) electrons. The van der Waals surface area contributed by atoms with Gasteiger partial charge in [0.1, 0.15) is 0 Å². The van der Waals surface area contributed by atoms with Gasteiger partial charge in [0.2, 0.25) is 0 Å². The molecule has 0 aliphatic carbocycles. The predicted octanol–water partition coefficient (Wildman–Crippen LogP) is 1.91. The molecule has 88 valence electrons. The zero-order chi connectivity index (χ0) is 11.2. The summed E-state index contributed by atoms with van der Waals surface area (Å²) in [6.07, 6.45) is 3.74. The van der Waals surface area contributed by atoms with Gasteiger partial charge in [0, 0.05) is 6.04 Å². The van der Waals surface area contributed by atoms with E-state index < -0.39 is 0 Å². The summed E-state index contributed by atoms with van der Waals surface area (Å²) in [5.41, 5.74) is 1.43. The Morgan fingerprint density at radius 2 is 1.88 bits per heavy atom. The van der Waals surface area contributed by atoms with Gasteiger partial charge in [0.15, 0.2) is 0 Å².